The van der Waals surface area contributed by atoms with Crippen LogP contribution >= 0.6 is 0 Å². The molecule has 0 amide bonds. The molecule has 7 nitrogen and oxygen atoms in total. The van der Waals surface area contributed by atoms with Gasteiger partial charge in [-0.05, 0) is 50.1 Å². The molecule has 1 aromatic carbocycles. The van der Waals surface area contributed by atoms with Crippen molar-refractivity contribution in [1.82, 2.24) is 24.7 Å². The van der Waals surface area contributed by atoms with Crippen LogP contribution < -0.4 is 5.56 Å². The Hall–Kier alpha value is -3.35. The molecule has 1 aliphatic rings. The molecule has 3 heterocycles. The van der Waals surface area contributed by atoms with E-state index in [2.05, 4.69) is 20.1 Å². The lowest BCUT2D eigenvalue weighted by atomic mass is 10.1. The van der Waals surface area contributed by atoms with Gasteiger partial charge in [0.2, 0.25) is 5.82 Å². The number of pyridine rings is 1. The summed E-state index contributed by atoms with van der Waals surface area (Å²) in [4.78, 5) is 25.8. The molecule has 0 saturated heterocycles. The highest BCUT2D eigenvalue weighted by atomic mass is 16.5. The van der Waals surface area contributed by atoms with Gasteiger partial charge in [0.25, 0.3) is 11.4 Å². The second-order valence-corrected chi connectivity index (χ2v) is 7.17. The minimum Gasteiger partial charge on any atom is -0.334 e. The molecule has 0 atom stereocenters. The molecule has 0 radical (unpaired) electrons. The molecule has 3 aromatic heterocycles. The van der Waals surface area contributed by atoms with Crippen molar-refractivity contribution in [3.63, 3.8) is 0 Å². The van der Waals surface area contributed by atoms with Crippen LogP contribution in [0.3, 0.4) is 0 Å². The van der Waals surface area contributed by atoms with E-state index in [9.17, 15) is 4.79 Å². The number of fused-ring (bicyclic) bond motifs is 1. The Morgan fingerprint density at radius 2 is 1.82 bits per heavy atom. The molecule has 1 fully saturated rings. The second kappa shape index (κ2) is 6.67. The topological polar surface area (TPSA) is 86.7 Å². The first-order valence-corrected chi connectivity index (χ1v) is 9.48. The fourth-order valence-corrected chi connectivity index (χ4v) is 3.95. The number of hydrogen-bond donors (Lipinski definition) is 0. The monoisotopic (exact) mass is 373 g/mol. The summed E-state index contributed by atoms with van der Waals surface area (Å²) < 4.78 is 7.32. The summed E-state index contributed by atoms with van der Waals surface area (Å²) in [7, 11) is 0. The van der Waals surface area contributed by atoms with E-state index in [0.29, 0.717) is 17.4 Å². The van der Waals surface area contributed by atoms with Crippen LogP contribution in [-0.2, 0) is 0 Å². The first kappa shape index (κ1) is 16.8. The predicted octanol–water partition coefficient (Wildman–Crippen LogP) is 3.93. The van der Waals surface area contributed by atoms with Crippen LogP contribution in [0.1, 0.15) is 37.4 Å². The van der Waals surface area contributed by atoms with Crippen LogP contribution in [0.4, 0.5) is 0 Å². The van der Waals surface area contributed by atoms with E-state index in [1.165, 1.54) is 12.8 Å². The summed E-state index contributed by atoms with van der Waals surface area (Å²) in [5.41, 5.74) is 3.79. The highest BCUT2D eigenvalue weighted by Crippen LogP contribution is 2.31. The molecule has 4 aromatic rings. The van der Waals surface area contributed by atoms with Crippen LogP contribution in [0.15, 0.2) is 52.0 Å². The number of benzene rings is 1. The Morgan fingerprint density at radius 1 is 1.04 bits per heavy atom. The van der Waals surface area contributed by atoms with Gasteiger partial charge in [-0.1, -0.05) is 18.0 Å². The zero-order valence-electron chi connectivity index (χ0n) is 15.5. The minimum absolute atomic E-state index is 0.00619. The fourth-order valence-electron chi connectivity index (χ4n) is 3.95. The molecular formula is C21H19N5O2. The van der Waals surface area contributed by atoms with Gasteiger partial charge < -0.3 is 9.09 Å². The SMILES string of the molecule is Cc1nc2cc(-c3noc(-c4ccncc4)n3)ccc2n(C2CCCC2)c1=O. The van der Waals surface area contributed by atoms with Gasteiger partial charge in [0.05, 0.1) is 11.0 Å². The molecule has 7 heteroatoms. The normalized spacial score (nSPS) is 14.8. The average molecular weight is 373 g/mol. The maximum Gasteiger partial charge on any atom is 0.272 e. The molecule has 1 saturated carbocycles. The number of rotatable bonds is 3. The molecule has 0 spiro atoms. The van der Waals surface area contributed by atoms with E-state index >= 15 is 0 Å². The highest BCUT2D eigenvalue weighted by molar-refractivity contribution is 5.80. The summed E-state index contributed by atoms with van der Waals surface area (Å²) in [6.45, 7) is 1.77. The smallest absolute Gasteiger partial charge is 0.272 e. The molecule has 0 unspecified atom stereocenters. The van der Waals surface area contributed by atoms with Crippen molar-refractivity contribution >= 4 is 11.0 Å². The lowest BCUT2D eigenvalue weighted by Gasteiger charge is -2.17. The predicted molar refractivity (Wildman–Crippen MR) is 105 cm³/mol. The summed E-state index contributed by atoms with van der Waals surface area (Å²) in [5.74, 6) is 0.935. The van der Waals surface area contributed by atoms with Crippen molar-refractivity contribution in [2.75, 3.05) is 0 Å². The molecule has 0 bridgehead atoms. The van der Waals surface area contributed by atoms with Gasteiger partial charge >= 0.3 is 0 Å². The summed E-state index contributed by atoms with van der Waals surface area (Å²) in [6, 6.07) is 9.69. The number of nitrogens with zero attached hydrogens (tertiary/aromatic N) is 5. The zero-order valence-corrected chi connectivity index (χ0v) is 15.5. The third-order valence-corrected chi connectivity index (χ3v) is 5.35. The zero-order chi connectivity index (χ0) is 19.1. The van der Waals surface area contributed by atoms with Crippen molar-refractivity contribution in [3.05, 3.63) is 58.8 Å². The van der Waals surface area contributed by atoms with Crippen molar-refractivity contribution in [1.29, 1.82) is 0 Å². The van der Waals surface area contributed by atoms with Gasteiger partial charge in [0.1, 0.15) is 5.69 Å². The van der Waals surface area contributed by atoms with E-state index in [1.807, 2.05) is 34.9 Å². The van der Waals surface area contributed by atoms with E-state index in [1.54, 1.807) is 19.3 Å². The fraction of sp³-hybridized carbons (Fsp3) is 0.286. The van der Waals surface area contributed by atoms with Crippen LogP contribution in [0.25, 0.3) is 33.9 Å². The van der Waals surface area contributed by atoms with Crippen molar-refractivity contribution in [2.24, 2.45) is 0 Å². The number of hydrogen-bond acceptors (Lipinski definition) is 6. The van der Waals surface area contributed by atoms with E-state index in [-0.39, 0.29) is 11.6 Å². The van der Waals surface area contributed by atoms with Gasteiger partial charge in [-0.2, -0.15) is 4.98 Å². The van der Waals surface area contributed by atoms with Gasteiger partial charge in [-0.3, -0.25) is 9.78 Å². The first-order valence-electron chi connectivity index (χ1n) is 9.48. The van der Waals surface area contributed by atoms with Crippen LogP contribution in [-0.4, -0.2) is 24.7 Å². The molecule has 28 heavy (non-hydrogen) atoms. The van der Waals surface area contributed by atoms with Gasteiger partial charge in [0, 0.05) is 29.6 Å². The van der Waals surface area contributed by atoms with Crippen molar-refractivity contribution < 1.29 is 4.52 Å². The van der Waals surface area contributed by atoms with Crippen molar-refractivity contribution in [2.45, 2.75) is 38.6 Å². The standard InChI is InChI=1S/C21H19N5O2/c1-13-21(27)26(16-4-2-3-5-16)18-7-6-15(12-17(18)23-13)19-24-20(28-25-19)14-8-10-22-11-9-14/h6-12,16H,2-5H2,1H3. The maximum atomic E-state index is 12.7. The molecular weight excluding hydrogens is 354 g/mol. The Kier molecular flexibility index (Phi) is 4.00. The second-order valence-electron chi connectivity index (χ2n) is 7.17. The van der Waals surface area contributed by atoms with Gasteiger partial charge in [0.15, 0.2) is 0 Å². The first-order chi connectivity index (χ1) is 13.7. The summed E-state index contributed by atoms with van der Waals surface area (Å²) in [5, 5.41) is 4.11. The quantitative estimate of drug-likeness (QED) is 0.541. The molecule has 1 aliphatic carbocycles. The van der Waals surface area contributed by atoms with E-state index in [4.69, 9.17) is 4.52 Å². The molecule has 140 valence electrons. The van der Waals surface area contributed by atoms with Crippen LogP contribution in [0.5, 0.6) is 0 Å². The largest absolute Gasteiger partial charge is 0.334 e. The average Bonchev–Trinajstić information content (AvgIpc) is 3.42. The summed E-state index contributed by atoms with van der Waals surface area (Å²) in [6.07, 6.45) is 7.78. The van der Waals surface area contributed by atoms with E-state index in [0.717, 1.165) is 35.0 Å². The Balaban J connectivity index is 1.60. The van der Waals surface area contributed by atoms with E-state index < -0.39 is 0 Å². The number of aryl methyl sites for hydroxylation is 1. The van der Waals surface area contributed by atoms with Crippen LogP contribution in [0.2, 0.25) is 0 Å². The Morgan fingerprint density at radius 3 is 2.61 bits per heavy atom. The highest BCUT2D eigenvalue weighted by Gasteiger charge is 2.22. The van der Waals surface area contributed by atoms with Gasteiger partial charge in [-0.25, -0.2) is 4.98 Å². The maximum absolute atomic E-state index is 12.7. The molecule has 0 aliphatic heterocycles. The Bertz CT molecular complexity index is 1210. The minimum atomic E-state index is 0.00619. The molecule has 0 N–H and O–H groups in total. The van der Waals surface area contributed by atoms with Crippen LogP contribution in [0, 0.1) is 6.92 Å². The third kappa shape index (κ3) is 2.79. The third-order valence-electron chi connectivity index (χ3n) is 5.35. The van der Waals surface area contributed by atoms with Gasteiger partial charge in [-0.15, -0.1) is 0 Å². The Labute approximate surface area is 161 Å². The van der Waals surface area contributed by atoms with Crippen molar-refractivity contribution in [3.8, 4) is 22.8 Å². The summed E-state index contributed by atoms with van der Waals surface area (Å²) >= 11 is 0. The lowest BCUT2D eigenvalue weighted by molar-refractivity contribution is 0.432. The lowest BCUT2D eigenvalue weighted by Crippen LogP contribution is -2.26. The number of aromatic nitrogens is 5. The molecule has 5 rings (SSSR count).